The summed E-state index contributed by atoms with van der Waals surface area (Å²) in [5.41, 5.74) is 5.73. The highest BCUT2D eigenvalue weighted by molar-refractivity contribution is 5.70. The molecule has 3 N–H and O–H groups in total. The molecule has 0 amide bonds. The molecule has 0 fully saturated rings. The number of rotatable bonds is 6. The van der Waals surface area contributed by atoms with Crippen LogP contribution in [0.4, 0.5) is 5.82 Å². The van der Waals surface area contributed by atoms with Crippen molar-refractivity contribution in [3.63, 3.8) is 0 Å². The quantitative estimate of drug-likeness (QED) is 0.584. The number of ether oxygens (including phenoxy) is 2. The molecule has 1 rings (SSSR count). The minimum atomic E-state index is -0.618. The van der Waals surface area contributed by atoms with Crippen molar-refractivity contribution in [2.24, 2.45) is 0 Å². The number of hydrogen-bond acceptors (Lipinski definition) is 6. The number of hydrogen-bond donors (Lipinski definition) is 2. The van der Waals surface area contributed by atoms with Gasteiger partial charge in [-0.1, -0.05) is 0 Å². The summed E-state index contributed by atoms with van der Waals surface area (Å²) in [6.07, 6.45) is 1.26. The Hall–Kier alpha value is -2.05. The van der Waals surface area contributed by atoms with E-state index in [4.69, 9.17) is 15.2 Å². The van der Waals surface area contributed by atoms with Crippen LogP contribution in [0.3, 0.4) is 0 Å². The summed E-state index contributed by atoms with van der Waals surface area (Å²) in [6.45, 7) is 5.63. The van der Waals surface area contributed by atoms with E-state index in [1.165, 1.54) is 0 Å². The molecule has 0 saturated heterocycles. The monoisotopic (exact) mass is 269 g/mol. The summed E-state index contributed by atoms with van der Waals surface area (Å²) in [7, 11) is 0. The van der Waals surface area contributed by atoms with Crippen LogP contribution in [-0.2, 0) is 25.5 Å². The second-order valence-corrected chi connectivity index (χ2v) is 5.14. The van der Waals surface area contributed by atoms with E-state index in [1.54, 1.807) is 27.0 Å². The van der Waals surface area contributed by atoms with Gasteiger partial charge in [-0.2, -0.15) is 5.10 Å². The molecule has 0 aromatic carbocycles. The van der Waals surface area contributed by atoms with E-state index in [1.807, 2.05) is 0 Å². The SMILES string of the molecule is CC(C)(C)OC(=O)CC(Cc1c[nH]nc1N)OC=O. The molecule has 106 valence electrons. The second kappa shape index (κ2) is 6.21. The van der Waals surface area contributed by atoms with Crippen molar-refractivity contribution in [1.82, 2.24) is 10.2 Å². The lowest BCUT2D eigenvalue weighted by atomic mass is 10.1. The number of carbonyl (C=O) groups excluding carboxylic acids is 2. The molecular weight excluding hydrogens is 250 g/mol. The van der Waals surface area contributed by atoms with Crippen LogP contribution in [0.15, 0.2) is 6.20 Å². The predicted molar refractivity (Wildman–Crippen MR) is 68.1 cm³/mol. The average Bonchev–Trinajstić information content (AvgIpc) is 2.61. The van der Waals surface area contributed by atoms with E-state index in [9.17, 15) is 9.59 Å². The molecule has 0 aliphatic rings. The second-order valence-electron chi connectivity index (χ2n) is 5.14. The summed E-state index contributed by atoms with van der Waals surface area (Å²) in [6, 6.07) is 0. The number of esters is 1. The third-order valence-electron chi connectivity index (χ3n) is 2.26. The van der Waals surface area contributed by atoms with Gasteiger partial charge in [-0.3, -0.25) is 14.7 Å². The molecule has 1 heterocycles. The number of H-pyrrole nitrogens is 1. The zero-order chi connectivity index (χ0) is 14.5. The molecule has 0 saturated carbocycles. The van der Waals surface area contributed by atoms with Crippen molar-refractivity contribution in [3.8, 4) is 0 Å². The number of carbonyl (C=O) groups is 2. The van der Waals surface area contributed by atoms with Crippen LogP contribution in [0.25, 0.3) is 0 Å². The van der Waals surface area contributed by atoms with Gasteiger partial charge in [-0.25, -0.2) is 0 Å². The highest BCUT2D eigenvalue weighted by Crippen LogP contribution is 2.15. The van der Waals surface area contributed by atoms with Crippen LogP contribution in [0, 0.1) is 0 Å². The number of nitrogens with two attached hydrogens (primary N) is 1. The molecule has 1 aromatic heterocycles. The zero-order valence-electron chi connectivity index (χ0n) is 11.3. The maximum atomic E-state index is 11.7. The van der Waals surface area contributed by atoms with Crippen LogP contribution in [0.1, 0.15) is 32.8 Å². The van der Waals surface area contributed by atoms with Gasteiger partial charge in [-0.15, -0.1) is 0 Å². The topological polar surface area (TPSA) is 107 Å². The third kappa shape index (κ3) is 5.41. The van der Waals surface area contributed by atoms with Crippen molar-refractivity contribution in [1.29, 1.82) is 0 Å². The van der Waals surface area contributed by atoms with E-state index in [-0.39, 0.29) is 6.42 Å². The standard InChI is InChI=1S/C12H19N3O4/c1-12(2,3)19-10(17)5-9(18-7-16)4-8-6-14-15-11(8)13/h6-7,9H,4-5H2,1-3H3,(H3,13,14,15). The number of aromatic nitrogens is 2. The predicted octanol–water partition coefficient (Wildman–Crippen LogP) is 0.808. The van der Waals surface area contributed by atoms with Crippen molar-refractivity contribution in [2.75, 3.05) is 5.73 Å². The zero-order valence-corrected chi connectivity index (χ0v) is 11.3. The highest BCUT2D eigenvalue weighted by Gasteiger charge is 2.22. The van der Waals surface area contributed by atoms with Gasteiger partial charge in [0.2, 0.25) is 0 Å². The van der Waals surface area contributed by atoms with Crippen molar-refractivity contribution in [2.45, 2.75) is 45.3 Å². The molecular formula is C12H19N3O4. The van der Waals surface area contributed by atoms with Gasteiger partial charge >= 0.3 is 5.97 Å². The first-order valence-corrected chi connectivity index (χ1v) is 5.91. The Morgan fingerprint density at radius 2 is 2.26 bits per heavy atom. The van der Waals surface area contributed by atoms with Gasteiger partial charge in [0.15, 0.2) is 0 Å². The van der Waals surface area contributed by atoms with Gasteiger partial charge in [0.05, 0.1) is 6.42 Å². The van der Waals surface area contributed by atoms with Crippen molar-refractivity contribution < 1.29 is 19.1 Å². The molecule has 0 bridgehead atoms. The van der Waals surface area contributed by atoms with Crippen LogP contribution in [0.5, 0.6) is 0 Å². The molecule has 7 nitrogen and oxygen atoms in total. The van der Waals surface area contributed by atoms with Crippen LogP contribution >= 0.6 is 0 Å². The molecule has 19 heavy (non-hydrogen) atoms. The Kier molecular flexibility index (Phi) is 4.91. The van der Waals surface area contributed by atoms with Gasteiger partial charge in [0.1, 0.15) is 17.5 Å². The number of anilines is 1. The summed E-state index contributed by atoms with van der Waals surface area (Å²) in [4.78, 5) is 22.2. The molecule has 0 aliphatic heterocycles. The van der Waals surface area contributed by atoms with E-state index in [0.29, 0.717) is 24.3 Å². The molecule has 1 aromatic rings. The first-order chi connectivity index (χ1) is 8.81. The fraction of sp³-hybridized carbons (Fsp3) is 0.583. The molecule has 0 spiro atoms. The molecule has 7 heteroatoms. The molecule has 0 aliphatic carbocycles. The summed E-state index contributed by atoms with van der Waals surface area (Å²) in [5, 5.41) is 6.36. The van der Waals surface area contributed by atoms with Crippen LogP contribution < -0.4 is 5.73 Å². The first-order valence-electron chi connectivity index (χ1n) is 5.91. The van der Waals surface area contributed by atoms with E-state index in [0.717, 1.165) is 0 Å². The fourth-order valence-corrected chi connectivity index (χ4v) is 1.55. The van der Waals surface area contributed by atoms with Crippen molar-refractivity contribution >= 4 is 18.3 Å². The van der Waals surface area contributed by atoms with Gasteiger partial charge in [0, 0.05) is 18.2 Å². The van der Waals surface area contributed by atoms with E-state index in [2.05, 4.69) is 10.2 Å². The fourth-order valence-electron chi connectivity index (χ4n) is 1.55. The van der Waals surface area contributed by atoms with Gasteiger partial charge in [0.25, 0.3) is 6.47 Å². The summed E-state index contributed by atoms with van der Waals surface area (Å²) in [5.74, 6) is -0.106. The van der Waals surface area contributed by atoms with E-state index < -0.39 is 17.7 Å². The first kappa shape index (κ1) is 15.0. The Labute approximate surface area is 111 Å². The molecule has 1 unspecified atom stereocenters. The summed E-state index contributed by atoms with van der Waals surface area (Å²) < 4.78 is 10.1. The lowest BCUT2D eigenvalue weighted by Gasteiger charge is -2.21. The van der Waals surface area contributed by atoms with Gasteiger partial charge in [-0.05, 0) is 20.8 Å². The maximum Gasteiger partial charge on any atom is 0.310 e. The minimum Gasteiger partial charge on any atom is -0.464 e. The number of nitrogen functional groups attached to an aromatic ring is 1. The smallest absolute Gasteiger partial charge is 0.310 e. The maximum absolute atomic E-state index is 11.7. The number of aromatic amines is 1. The average molecular weight is 269 g/mol. The van der Waals surface area contributed by atoms with E-state index >= 15 is 0 Å². The Morgan fingerprint density at radius 1 is 1.58 bits per heavy atom. The highest BCUT2D eigenvalue weighted by atomic mass is 16.6. The molecule has 0 radical (unpaired) electrons. The Morgan fingerprint density at radius 3 is 2.74 bits per heavy atom. The Bertz CT molecular complexity index is 436. The number of nitrogens with zero attached hydrogens (tertiary/aromatic N) is 1. The van der Waals surface area contributed by atoms with Crippen LogP contribution in [0.2, 0.25) is 0 Å². The number of nitrogens with one attached hydrogen (secondary N) is 1. The van der Waals surface area contributed by atoms with Crippen LogP contribution in [-0.4, -0.2) is 34.3 Å². The third-order valence-corrected chi connectivity index (χ3v) is 2.26. The Balaban J connectivity index is 2.60. The minimum absolute atomic E-state index is 0.0272. The lowest BCUT2D eigenvalue weighted by Crippen LogP contribution is -2.28. The van der Waals surface area contributed by atoms with Gasteiger partial charge < -0.3 is 15.2 Å². The largest absolute Gasteiger partial charge is 0.464 e. The summed E-state index contributed by atoms with van der Waals surface area (Å²) >= 11 is 0. The lowest BCUT2D eigenvalue weighted by molar-refractivity contribution is -0.158. The van der Waals surface area contributed by atoms with Crippen molar-refractivity contribution in [3.05, 3.63) is 11.8 Å². The molecule has 1 atom stereocenters. The normalized spacial score (nSPS) is 12.8.